The third kappa shape index (κ3) is 2.33. The lowest BCUT2D eigenvalue weighted by molar-refractivity contribution is -0.141. The molecule has 0 saturated heterocycles. The van der Waals surface area contributed by atoms with E-state index in [9.17, 15) is 4.79 Å². The van der Waals surface area contributed by atoms with E-state index in [0.29, 0.717) is 6.61 Å². The highest BCUT2D eigenvalue weighted by molar-refractivity contribution is 5.85. The number of ether oxygens (including phenoxy) is 1. The van der Waals surface area contributed by atoms with E-state index in [1.165, 1.54) is 17.9 Å². The molecule has 2 rings (SSSR count). The topological polar surface area (TPSA) is 42.1 Å². The number of rotatable bonds is 3. The van der Waals surface area contributed by atoms with Crippen molar-refractivity contribution in [2.24, 2.45) is 0 Å². The monoisotopic (exact) mass is 231 g/mol. The van der Waals surface area contributed by atoms with Crippen LogP contribution in [0.1, 0.15) is 31.0 Å². The van der Waals surface area contributed by atoms with Gasteiger partial charge >= 0.3 is 5.97 Å². The molecule has 2 aromatic rings. The number of fused-ring (bicyclic) bond motifs is 1. The van der Waals surface area contributed by atoms with E-state index in [2.05, 4.69) is 31.0 Å². The summed E-state index contributed by atoms with van der Waals surface area (Å²) in [6, 6.07) is 8.19. The van der Waals surface area contributed by atoms with E-state index in [-0.39, 0.29) is 11.9 Å². The second-order valence-corrected chi connectivity index (χ2v) is 4.41. The molecule has 17 heavy (non-hydrogen) atoms. The van der Waals surface area contributed by atoms with E-state index in [0.717, 1.165) is 11.2 Å². The van der Waals surface area contributed by atoms with Crippen molar-refractivity contribution in [3.8, 4) is 0 Å². The SMILES string of the molecule is CC(=O)OCC(C)c1c(C)[nH]c2ccccc12. The molecule has 1 atom stereocenters. The zero-order chi connectivity index (χ0) is 12.4. The van der Waals surface area contributed by atoms with Gasteiger partial charge in [-0.1, -0.05) is 25.1 Å². The molecule has 90 valence electrons. The Kier molecular flexibility index (Phi) is 3.18. The third-order valence-electron chi connectivity index (χ3n) is 2.97. The van der Waals surface area contributed by atoms with Crippen LogP contribution >= 0.6 is 0 Å². The molecule has 0 fully saturated rings. The van der Waals surface area contributed by atoms with E-state index in [1.807, 2.05) is 12.1 Å². The minimum absolute atomic E-state index is 0.204. The van der Waals surface area contributed by atoms with Crippen molar-refractivity contribution in [1.29, 1.82) is 0 Å². The van der Waals surface area contributed by atoms with Gasteiger partial charge in [0.1, 0.15) is 0 Å². The minimum atomic E-state index is -0.227. The van der Waals surface area contributed by atoms with Gasteiger partial charge in [-0.05, 0) is 18.6 Å². The van der Waals surface area contributed by atoms with Gasteiger partial charge < -0.3 is 9.72 Å². The predicted octanol–water partition coefficient (Wildman–Crippen LogP) is 3.14. The molecule has 1 aromatic carbocycles. The summed E-state index contributed by atoms with van der Waals surface area (Å²) in [4.78, 5) is 14.2. The van der Waals surface area contributed by atoms with Gasteiger partial charge in [0.25, 0.3) is 0 Å². The number of para-hydroxylation sites is 1. The Morgan fingerprint density at radius 1 is 1.41 bits per heavy atom. The maximum absolute atomic E-state index is 10.8. The van der Waals surface area contributed by atoms with Crippen LogP contribution in [0.2, 0.25) is 0 Å². The average Bonchev–Trinajstić information content (AvgIpc) is 2.61. The van der Waals surface area contributed by atoms with Crippen molar-refractivity contribution in [2.45, 2.75) is 26.7 Å². The van der Waals surface area contributed by atoms with Crippen molar-refractivity contribution in [1.82, 2.24) is 4.98 Å². The van der Waals surface area contributed by atoms with Gasteiger partial charge in [0.15, 0.2) is 0 Å². The van der Waals surface area contributed by atoms with Crippen molar-refractivity contribution in [2.75, 3.05) is 6.61 Å². The van der Waals surface area contributed by atoms with Crippen LogP contribution in [0.3, 0.4) is 0 Å². The molecule has 3 nitrogen and oxygen atoms in total. The first-order valence-electron chi connectivity index (χ1n) is 5.80. The van der Waals surface area contributed by atoms with Crippen LogP contribution in [0.25, 0.3) is 10.9 Å². The molecule has 1 N–H and O–H groups in total. The van der Waals surface area contributed by atoms with Gasteiger partial charge in [0.2, 0.25) is 0 Å². The summed E-state index contributed by atoms with van der Waals surface area (Å²) in [5.74, 6) is -0.0237. The highest BCUT2D eigenvalue weighted by Crippen LogP contribution is 2.28. The Morgan fingerprint density at radius 2 is 2.12 bits per heavy atom. The molecule has 0 aliphatic carbocycles. The van der Waals surface area contributed by atoms with E-state index in [4.69, 9.17) is 4.74 Å². The first kappa shape index (κ1) is 11.7. The van der Waals surface area contributed by atoms with E-state index < -0.39 is 0 Å². The Hall–Kier alpha value is -1.77. The lowest BCUT2D eigenvalue weighted by atomic mass is 9.99. The Bertz CT molecular complexity index is 542. The maximum Gasteiger partial charge on any atom is 0.302 e. The quantitative estimate of drug-likeness (QED) is 0.824. The number of aromatic amines is 1. The van der Waals surface area contributed by atoms with Crippen LogP contribution < -0.4 is 0 Å². The second kappa shape index (κ2) is 4.62. The van der Waals surface area contributed by atoms with Gasteiger partial charge in [-0.2, -0.15) is 0 Å². The Labute approximate surface area is 101 Å². The normalized spacial score (nSPS) is 12.6. The number of carbonyl (C=O) groups is 1. The number of esters is 1. The zero-order valence-corrected chi connectivity index (χ0v) is 10.4. The van der Waals surface area contributed by atoms with Gasteiger partial charge in [-0.3, -0.25) is 4.79 Å². The van der Waals surface area contributed by atoms with E-state index >= 15 is 0 Å². The van der Waals surface area contributed by atoms with Crippen molar-refractivity contribution in [3.05, 3.63) is 35.5 Å². The molecule has 0 amide bonds. The second-order valence-electron chi connectivity index (χ2n) is 4.41. The number of aryl methyl sites for hydroxylation is 1. The number of benzene rings is 1. The van der Waals surface area contributed by atoms with Crippen LogP contribution in [-0.2, 0) is 9.53 Å². The maximum atomic E-state index is 10.8. The van der Waals surface area contributed by atoms with E-state index in [1.54, 1.807) is 0 Å². The summed E-state index contributed by atoms with van der Waals surface area (Å²) in [7, 11) is 0. The largest absolute Gasteiger partial charge is 0.465 e. The lowest BCUT2D eigenvalue weighted by Gasteiger charge is -2.12. The molecular weight excluding hydrogens is 214 g/mol. The number of aromatic nitrogens is 1. The first-order valence-corrected chi connectivity index (χ1v) is 5.80. The average molecular weight is 231 g/mol. The standard InChI is InChI=1S/C14H17NO2/c1-9(8-17-11(3)16)14-10(2)15-13-7-5-4-6-12(13)14/h4-7,9,15H,8H2,1-3H3. The van der Waals surface area contributed by atoms with Crippen LogP contribution in [-0.4, -0.2) is 17.6 Å². The number of hydrogen-bond acceptors (Lipinski definition) is 2. The third-order valence-corrected chi connectivity index (χ3v) is 2.97. The van der Waals surface area contributed by atoms with Crippen LogP contribution in [0, 0.1) is 6.92 Å². The molecule has 1 heterocycles. The van der Waals surface area contributed by atoms with Gasteiger partial charge in [-0.15, -0.1) is 0 Å². The van der Waals surface area contributed by atoms with Gasteiger partial charge in [0.05, 0.1) is 6.61 Å². The molecule has 1 unspecified atom stereocenters. The summed E-state index contributed by atoms with van der Waals surface area (Å²) in [5, 5.41) is 1.21. The van der Waals surface area contributed by atoms with Crippen molar-refractivity contribution in [3.63, 3.8) is 0 Å². The molecule has 1 aromatic heterocycles. The van der Waals surface area contributed by atoms with Crippen LogP contribution in [0.5, 0.6) is 0 Å². The first-order chi connectivity index (χ1) is 8.09. The molecule has 0 aliphatic heterocycles. The fraction of sp³-hybridized carbons (Fsp3) is 0.357. The molecule has 0 spiro atoms. The number of carbonyl (C=O) groups excluding carboxylic acids is 1. The highest BCUT2D eigenvalue weighted by atomic mass is 16.5. The zero-order valence-electron chi connectivity index (χ0n) is 10.4. The smallest absolute Gasteiger partial charge is 0.302 e. The number of hydrogen-bond donors (Lipinski definition) is 1. The summed E-state index contributed by atoms with van der Waals surface area (Å²) in [6.07, 6.45) is 0. The molecule has 0 saturated carbocycles. The fourth-order valence-corrected chi connectivity index (χ4v) is 2.26. The molecule has 0 aliphatic rings. The summed E-state index contributed by atoms with van der Waals surface area (Å²) in [5.41, 5.74) is 3.52. The van der Waals surface area contributed by atoms with Crippen LogP contribution in [0.4, 0.5) is 0 Å². The fourth-order valence-electron chi connectivity index (χ4n) is 2.26. The summed E-state index contributed by atoms with van der Waals surface area (Å²) >= 11 is 0. The predicted molar refractivity (Wildman–Crippen MR) is 68.1 cm³/mol. The molecule has 0 bridgehead atoms. The van der Waals surface area contributed by atoms with Crippen molar-refractivity contribution < 1.29 is 9.53 Å². The minimum Gasteiger partial charge on any atom is -0.465 e. The lowest BCUT2D eigenvalue weighted by Crippen LogP contribution is -2.08. The summed E-state index contributed by atoms with van der Waals surface area (Å²) in [6.45, 7) is 6.00. The molecule has 3 heteroatoms. The van der Waals surface area contributed by atoms with Crippen LogP contribution in [0.15, 0.2) is 24.3 Å². The van der Waals surface area contributed by atoms with Gasteiger partial charge in [0, 0.05) is 29.4 Å². The molecular formula is C14H17NO2. The Morgan fingerprint density at radius 3 is 2.82 bits per heavy atom. The molecule has 0 radical (unpaired) electrons. The number of H-pyrrole nitrogens is 1. The number of nitrogens with one attached hydrogen (secondary N) is 1. The highest BCUT2D eigenvalue weighted by Gasteiger charge is 2.15. The van der Waals surface area contributed by atoms with Crippen molar-refractivity contribution >= 4 is 16.9 Å². The summed E-state index contributed by atoms with van der Waals surface area (Å²) < 4.78 is 5.08. The van der Waals surface area contributed by atoms with Gasteiger partial charge in [-0.25, -0.2) is 0 Å². The Balaban J connectivity index is 2.33.